The third-order valence-electron chi connectivity index (χ3n) is 4.46. The molecule has 166 valence electrons. The van der Waals surface area contributed by atoms with E-state index in [-0.39, 0.29) is 24.0 Å². The Hall–Kier alpha value is -2.59. The molecule has 3 rings (SSSR count). The van der Waals surface area contributed by atoms with E-state index in [1.165, 1.54) is 11.1 Å². The number of benzene rings is 2. The Kier molecular flexibility index (Phi) is 10.9. The molecule has 31 heavy (non-hydrogen) atoms. The molecule has 7 nitrogen and oxygen atoms in total. The van der Waals surface area contributed by atoms with Gasteiger partial charge in [0, 0.05) is 64.4 Å². The molecule has 0 spiro atoms. The minimum absolute atomic E-state index is 0. The van der Waals surface area contributed by atoms with Crippen LogP contribution in [0.3, 0.4) is 0 Å². The number of hydrogen-bond acceptors (Lipinski definition) is 4. The number of anilines is 1. The third-order valence-corrected chi connectivity index (χ3v) is 4.46. The number of aromatic nitrogens is 2. The second kappa shape index (κ2) is 13.7. The van der Waals surface area contributed by atoms with Crippen molar-refractivity contribution in [3.05, 3.63) is 78.4 Å². The molecule has 3 aromatic rings. The van der Waals surface area contributed by atoms with Gasteiger partial charge < -0.3 is 24.7 Å². The fraction of sp³-hybridized carbons (Fsp3) is 0.304. The third kappa shape index (κ3) is 8.58. The van der Waals surface area contributed by atoms with Crippen molar-refractivity contribution in [2.45, 2.75) is 19.5 Å². The first kappa shape index (κ1) is 24.7. The zero-order valence-corrected chi connectivity index (χ0v) is 20.3. The molecule has 0 aliphatic rings. The fourth-order valence-corrected chi connectivity index (χ4v) is 2.99. The van der Waals surface area contributed by atoms with Crippen LogP contribution in [0, 0.1) is 0 Å². The molecule has 0 radical (unpaired) electrons. The van der Waals surface area contributed by atoms with Crippen molar-refractivity contribution in [3.8, 4) is 5.75 Å². The number of methoxy groups -OCH3 is 1. The molecule has 0 aliphatic heterocycles. The van der Waals surface area contributed by atoms with Crippen LogP contribution in [-0.2, 0) is 17.8 Å². The van der Waals surface area contributed by atoms with E-state index < -0.39 is 0 Å². The summed E-state index contributed by atoms with van der Waals surface area (Å²) >= 11 is 0. The van der Waals surface area contributed by atoms with E-state index in [4.69, 9.17) is 9.47 Å². The van der Waals surface area contributed by atoms with Gasteiger partial charge >= 0.3 is 0 Å². The summed E-state index contributed by atoms with van der Waals surface area (Å²) < 4.78 is 12.9. The monoisotopic (exact) mass is 535 g/mol. The van der Waals surface area contributed by atoms with E-state index in [0.717, 1.165) is 24.4 Å². The van der Waals surface area contributed by atoms with Crippen molar-refractivity contribution in [1.29, 1.82) is 0 Å². The first-order valence-electron chi connectivity index (χ1n) is 10.00. The number of guanidine groups is 1. The van der Waals surface area contributed by atoms with Gasteiger partial charge in [0.2, 0.25) is 0 Å². The number of rotatable bonds is 10. The second-order valence-corrected chi connectivity index (χ2v) is 6.83. The van der Waals surface area contributed by atoms with Crippen LogP contribution in [-0.4, -0.2) is 42.9 Å². The molecule has 2 N–H and O–H groups in total. The molecule has 0 atom stereocenters. The quantitative estimate of drug-likeness (QED) is 0.177. The van der Waals surface area contributed by atoms with E-state index in [0.29, 0.717) is 25.7 Å². The zero-order valence-electron chi connectivity index (χ0n) is 18.0. The Morgan fingerprint density at radius 3 is 2.71 bits per heavy atom. The normalized spacial score (nSPS) is 11.0. The Balaban J connectivity index is 0.00000341. The van der Waals surface area contributed by atoms with Crippen LogP contribution >= 0.6 is 24.0 Å². The zero-order chi connectivity index (χ0) is 21.0. The highest BCUT2D eigenvalue weighted by atomic mass is 127. The van der Waals surface area contributed by atoms with E-state index in [9.17, 15) is 0 Å². The van der Waals surface area contributed by atoms with E-state index in [1.807, 2.05) is 36.8 Å². The number of nitrogens with one attached hydrogen (secondary N) is 2. The molecule has 0 amide bonds. The number of aliphatic imine (C=N–C) groups is 1. The predicted octanol–water partition coefficient (Wildman–Crippen LogP) is 4.15. The summed E-state index contributed by atoms with van der Waals surface area (Å²) in [7, 11) is 3.45. The van der Waals surface area contributed by atoms with E-state index in [1.54, 1.807) is 20.4 Å². The standard InChI is InChI=1S/C23H29N5O2.HI/c1-24-23(27-21-8-4-9-22(15-21)30-13-5-12-29-2)26-16-19-6-3-7-20(14-19)17-28-11-10-25-18-28;/h3-4,6-11,14-15,18H,5,12-13,16-17H2,1-2H3,(H2,24,26,27);1H. The molecule has 0 bridgehead atoms. The number of imidazole rings is 1. The van der Waals surface area contributed by atoms with Gasteiger partial charge in [-0.2, -0.15) is 0 Å². The van der Waals surface area contributed by atoms with Crippen molar-refractivity contribution < 1.29 is 9.47 Å². The van der Waals surface area contributed by atoms with E-state index in [2.05, 4.69) is 49.4 Å². The maximum atomic E-state index is 5.76. The van der Waals surface area contributed by atoms with Crippen LogP contribution in [0.25, 0.3) is 0 Å². The van der Waals surface area contributed by atoms with Gasteiger partial charge in [-0.1, -0.05) is 30.3 Å². The van der Waals surface area contributed by atoms with Crippen molar-refractivity contribution in [1.82, 2.24) is 14.9 Å². The number of nitrogens with zero attached hydrogens (tertiary/aromatic N) is 3. The first-order chi connectivity index (χ1) is 14.8. The maximum absolute atomic E-state index is 5.76. The van der Waals surface area contributed by atoms with Gasteiger partial charge in [-0.25, -0.2) is 4.98 Å². The molecule has 1 aromatic heterocycles. The molecule has 0 fully saturated rings. The fourth-order valence-electron chi connectivity index (χ4n) is 2.99. The minimum Gasteiger partial charge on any atom is -0.493 e. The van der Waals surface area contributed by atoms with E-state index >= 15 is 0 Å². The highest BCUT2D eigenvalue weighted by molar-refractivity contribution is 14.0. The summed E-state index contributed by atoms with van der Waals surface area (Å²) in [6, 6.07) is 16.3. The largest absolute Gasteiger partial charge is 0.493 e. The summed E-state index contributed by atoms with van der Waals surface area (Å²) in [5.74, 6) is 1.52. The molecular formula is C23H30IN5O2. The predicted molar refractivity (Wildman–Crippen MR) is 135 cm³/mol. The maximum Gasteiger partial charge on any atom is 0.195 e. The number of hydrogen-bond donors (Lipinski definition) is 2. The Bertz CT molecular complexity index is 931. The SMILES string of the molecule is CN=C(NCc1cccc(Cn2ccnc2)c1)Nc1cccc(OCCCOC)c1.I. The minimum atomic E-state index is 0. The van der Waals surface area contributed by atoms with Crippen LogP contribution < -0.4 is 15.4 Å². The molecule has 0 unspecified atom stereocenters. The lowest BCUT2D eigenvalue weighted by molar-refractivity contribution is 0.172. The van der Waals surface area contributed by atoms with Crippen LogP contribution in [0.4, 0.5) is 5.69 Å². The van der Waals surface area contributed by atoms with Crippen LogP contribution in [0.2, 0.25) is 0 Å². The van der Waals surface area contributed by atoms with Gasteiger partial charge in [0.15, 0.2) is 5.96 Å². The Morgan fingerprint density at radius 1 is 1.10 bits per heavy atom. The summed E-state index contributed by atoms with van der Waals surface area (Å²) in [4.78, 5) is 8.42. The van der Waals surface area contributed by atoms with Gasteiger partial charge in [0.05, 0.1) is 12.9 Å². The van der Waals surface area contributed by atoms with Crippen molar-refractivity contribution in [2.24, 2.45) is 4.99 Å². The lowest BCUT2D eigenvalue weighted by Crippen LogP contribution is -2.30. The molecule has 8 heteroatoms. The van der Waals surface area contributed by atoms with Gasteiger partial charge in [-0.3, -0.25) is 4.99 Å². The lowest BCUT2D eigenvalue weighted by atomic mass is 10.1. The molecule has 0 saturated heterocycles. The van der Waals surface area contributed by atoms with Gasteiger partial charge in [-0.15, -0.1) is 24.0 Å². The molecule has 1 heterocycles. The summed E-state index contributed by atoms with van der Waals surface area (Å²) in [6.07, 6.45) is 6.44. The number of ether oxygens (including phenoxy) is 2. The average molecular weight is 535 g/mol. The van der Waals surface area contributed by atoms with Crippen LogP contribution in [0.5, 0.6) is 5.75 Å². The summed E-state index contributed by atoms with van der Waals surface area (Å²) in [5.41, 5.74) is 3.33. The lowest BCUT2D eigenvalue weighted by Gasteiger charge is -2.14. The highest BCUT2D eigenvalue weighted by Gasteiger charge is 2.03. The molecular weight excluding hydrogens is 505 g/mol. The molecule has 0 saturated carbocycles. The average Bonchev–Trinajstić information content (AvgIpc) is 3.28. The smallest absolute Gasteiger partial charge is 0.195 e. The van der Waals surface area contributed by atoms with Gasteiger partial charge in [-0.05, 0) is 23.3 Å². The molecule has 0 aliphatic carbocycles. The van der Waals surface area contributed by atoms with Crippen LogP contribution in [0.1, 0.15) is 17.5 Å². The molecule has 2 aromatic carbocycles. The van der Waals surface area contributed by atoms with Crippen LogP contribution in [0.15, 0.2) is 72.2 Å². The topological polar surface area (TPSA) is 72.7 Å². The van der Waals surface area contributed by atoms with Crippen molar-refractivity contribution in [2.75, 3.05) is 32.7 Å². The number of halogens is 1. The Morgan fingerprint density at radius 2 is 1.94 bits per heavy atom. The van der Waals surface area contributed by atoms with Gasteiger partial charge in [0.25, 0.3) is 0 Å². The van der Waals surface area contributed by atoms with Crippen molar-refractivity contribution in [3.63, 3.8) is 0 Å². The van der Waals surface area contributed by atoms with Crippen molar-refractivity contribution >= 4 is 35.6 Å². The highest BCUT2D eigenvalue weighted by Crippen LogP contribution is 2.17. The second-order valence-electron chi connectivity index (χ2n) is 6.83. The first-order valence-corrected chi connectivity index (χ1v) is 10.00. The van der Waals surface area contributed by atoms with Gasteiger partial charge in [0.1, 0.15) is 5.75 Å². The summed E-state index contributed by atoms with van der Waals surface area (Å²) in [5, 5.41) is 6.68. The summed E-state index contributed by atoms with van der Waals surface area (Å²) in [6.45, 7) is 2.79. The Labute approximate surface area is 200 Å².